The van der Waals surface area contributed by atoms with E-state index in [0.29, 0.717) is 63.1 Å². The topological polar surface area (TPSA) is 54.9 Å². The van der Waals surface area contributed by atoms with Gasteiger partial charge in [0.25, 0.3) is 0 Å². The fourth-order valence-electron chi connectivity index (χ4n) is 3.55. The highest BCUT2D eigenvalue weighted by Crippen LogP contribution is 2.30. The van der Waals surface area contributed by atoms with Crippen molar-refractivity contribution in [3.05, 3.63) is 53.7 Å². The van der Waals surface area contributed by atoms with Gasteiger partial charge in [-0.05, 0) is 56.2 Å². The van der Waals surface area contributed by atoms with E-state index >= 15 is 0 Å². The van der Waals surface area contributed by atoms with E-state index in [0.717, 1.165) is 17.8 Å². The number of carbonyl (C=O) groups excluding carboxylic acids is 1. The molecule has 0 aliphatic carbocycles. The lowest BCUT2D eigenvalue weighted by atomic mass is 10.2. The van der Waals surface area contributed by atoms with E-state index in [9.17, 15) is 18.0 Å². The Bertz CT molecular complexity index is 962. The minimum absolute atomic E-state index is 0.121. The summed E-state index contributed by atoms with van der Waals surface area (Å²) in [4.78, 5) is 20.3. The number of hydrogen-bond acceptors (Lipinski definition) is 5. The van der Waals surface area contributed by atoms with Crippen LogP contribution >= 0.6 is 0 Å². The van der Waals surface area contributed by atoms with Crippen LogP contribution in [0.2, 0.25) is 0 Å². The molecule has 1 saturated heterocycles. The summed E-state index contributed by atoms with van der Waals surface area (Å²) in [6.07, 6.45) is 0.393. The van der Waals surface area contributed by atoms with E-state index in [2.05, 4.69) is 4.98 Å². The molecule has 2 heterocycles. The van der Waals surface area contributed by atoms with Gasteiger partial charge < -0.3 is 19.3 Å². The molecule has 9 heteroatoms. The zero-order valence-electron chi connectivity index (χ0n) is 18.8. The van der Waals surface area contributed by atoms with E-state index in [1.54, 1.807) is 11.0 Å². The number of halogens is 3. The lowest BCUT2D eigenvalue weighted by Crippen LogP contribution is -2.34. The number of anilines is 1. The van der Waals surface area contributed by atoms with Gasteiger partial charge in [-0.25, -0.2) is 4.98 Å². The van der Waals surface area contributed by atoms with Gasteiger partial charge >= 0.3 is 6.18 Å². The second-order valence-corrected chi connectivity index (χ2v) is 7.47. The summed E-state index contributed by atoms with van der Waals surface area (Å²) in [5.74, 6) is 1.64. The Morgan fingerprint density at radius 2 is 1.79 bits per heavy atom. The Hall–Kier alpha value is -3.23. The first-order valence-corrected chi connectivity index (χ1v) is 11.0. The van der Waals surface area contributed by atoms with Crippen LogP contribution in [0.15, 0.2) is 42.6 Å². The van der Waals surface area contributed by atoms with Gasteiger partial charge in [-0.15, -0.1) is 0 Å². The Kier molecular flexibility index (Phi) is 8.19. The lowest BCUT2D eigenvalue weighted by Gasteiger charge is -2.22. The smallest absolute Gasteiger partial charge is 0.417 e. The number of carbonyl (C=O) groups is 1. The first-order chi connectivity index (χ1) is 15.8. The summed E-state index contributed by atoms with van der Waals surface area (Å²) in [5, 5.41) is 0. The van der Waals surface area contributed by atoms with Gasteiger partial charge in [-0.1, -0.05) is 6.07 Å². The summed E-state index contributed by atoms with van der Waals surface area (Å²) in [6, 6.07) is 7.92. The van der Waals surface area contributed by atoms with Crippen LogP contribution in [0, 0.1) is 0 Å². The molecule has 1 aliphatic rings. The molecule has 1 fully saturated rings. The Labute approximate surface area is 191 Å². The van der Waals surface area contributed by atoms with E-state index in [1.807, 2.05) is 36.9 Å². The molecule has 0 radical (unpaired) electrons. The van der Waals surface area contributed by atoms with Crippen molar-refractivity contribution < 1.29 is 27.4 Å². The van der Waals surface area contributed by atoms with E-state index in [1.165, 1.54) is 12.1 Å². The third-order valence-electron chi connectivity index (χ3n) is 5.19. The van der Waals surface area contributed by atoms with Crippen molar-refractivity contribution in [2.45, 2.75) is 26.4 Å². The molecule has 1 aromatic carbocycles. The molecule has 0 unspecified atom stereocenters. The Balaban J connectivity index is 1.61. The van der Waals surface area contributed by atoms with Crippen LogP contribution in [-0.4, -0.2) is 55.2 Å². The number of ether oxygens (including phenoxy) is 2. The van der Waals surface area contributed by atoms with Crippen LogP contribution in [0.4, 0.5) is 19.0 Å². The average molecular weight is 464 g/mol. The van der Waals surface area contributed by atoms with Crippen LogP contribution in [0.3, 0.4) is 0 Å². The molecule has 33 heavy (non-hydrogen) atoms. The highest BCUT2D eigenvalue weighted by atomic mass is 19.4. The van der Waals surface area contributed by atoms with Gasteiger partial charge in [0.1, 0.15) is 5.82 Å². The van der Waals surface area contributed by atoms with Crippen molar-refractivity contribution in [3.8, 4) is 11.5 Å². The summed E-state index contributed by atoms with van der Waals surface area (Å²) < 4.78 is 49.5. The second-order valence-electron chi connectivity index (χ2n) is 7.47. The zero-order chi connectivity index (χ0) is 23.8. The molecular weight excluding hydrogens is 435 g/mol. The molecule has 1 amide bonds. The molecule has 6 nitrogen and oxygen atoms in total. The van der Waals surface area contributed by atoms with Gasteiger partial charge in [0, 0.05) is 38.5 Å². The van der Waals surface area contributed by atoms with E-state index < -0.39 is 11.7 Å². The number of pyridine rings is 1. The predicted molar refractivity (Wildman–Crippen MR) is 120 cm³/mol. The standard InChI is InChI=1S/C24H28F3N3O3/c1-3-32-20-9-6-18(16-21(20)33-4-2)7-11-23(31)30-13-5-12-29(14-15-30)22-10-8-19(17-28-22)24(25,26)27/h6-11,16-17H,3-5,12-15H2,1-2H3/b11-7+. The molecule has 0 atom stereocenters. The molecular formula is C24H28F3N3O3. The molecule has 0 saturated carbocycles. The Morgan fingerprint density at radius 3 is 2.45 bits per heavy atom. The second kappa shape index (κ2) is 11.1. The van der Waals surface area contributed by atoms with Gasteiger partial charge in [-0.3, -0.25) is 4.79 Å². The fraction of sp³-hybridized carbons (Fsp3) is 0.417. The van der Waals surface area contributed by atoms with Crippen LogP contribution in [0.25, 0.3) is 6.08 Å². The molecule has 2 aromatic rings. The SMILES string of the molecule is CCOc1ccc(/C=C/C(=O)N2CCCN(c3ccc(C(F)(F)F)cn3)CC2)cc1OCC. The number of hydrogen-bond donors (Lipinski definition) is 0. The molecule has 1 aliphatic heterocycles. The van der Waals surface area contributed by atoms with Crippen molar-refractivity contribution >= 4 is 17.8 Å². The van der Waals surface area contributed by atoms with Crippen molar-refractivity contribution in [3.63, 3.8) is 0 Å². The maximum absolute atomic E-state index is 12.8. The highest BCUT2D eigenvalue weighted by Gasteiger charge is 2.31. The van der Waals surface area contributed by atoms with Crippen molar-refractivity contribution in [2.24, 2.45) is 0 Å². The number of nitrogens with zero attached hydrogens (tertiary/aromatic N) is 3. The zero-order valence-corrected chi connectivity index (χ0v) is 18.8. The number of rotatable bonds is 7. The molecule has 1 aromatic heterocycles. The molecule has 3 rings (SSSR count). The predicted octanol–water partition coefficient (Wildman–Crippen LogP) is 4.65. The highest BCUT2D eigenvalue weighted by molar-refractivity contribution is 5.92. The fourth-order valence-corrected chi connectivity index (χ4v) is 3.55. The van der Waals surface area contributed by atoms with E-state index in [4.69, 9.17) is 9.47 Å². The molecule has 0 N–H and O–H groups in total. The van der Waals surface area contributed by atoms with Gasteiger partial charge in [0.2, 0.25) is 5.91 Å². The third-order valence-corrected chi connectivity index (χ3v) is 5.19. The number of aromatic nitrogens is 1. The molecule has 178 valence electrons. The van der Waals surface area contributed by atoms with E-state index in [-0.39, 0.29) is 5.91 Å². The summed E-state index contributed by atoms with van der Waals surface area (Å²) >= 11 is 0. The van der Waals surface area contributed by atoms with Crippen LogP contribution in [0.5, 0.6) is 11.5 Å². The Morgan fingerprint density at radius 1 is 1.03 bits per heavy atom. The van der Waals surface area contributed by atoms with Gasteiger partial charge in [0.05, 0.1) is 18.8 Å². The maximum Gasteiger partial charge on any atom is 0.417 e. The minimum atomic E-state index is -4.41. The first-order valence-electron chi connectivity index (χ1n) is 11.0. The largest absolute Gasteiger partial charge is 0.490 e. The average Bonchev–Trinajstić information content (AvgIpc) is 3.05. The van der Waals surface area contributed by atoms with Gasteiger partial charge in [-0.2, -0.15) is 13.2 Å². The van der Waals surface area contributed by atoms with Crippen molar-refractivity contribution in [2.75, 3.05) is 44.3 Å². The van der Waals surface area contributed by atoms with Gasteiger partial charge in [0.15, 0.2) is 11.5 Å². The van der Waals surface area contributed by atoms with Crippen molar-refractivity contribution in [1.82, 2.24) is 9.88 Å². The summed E-state index contributed by atoms with van der Waals surface area (Å²) in [6.45, 7) is 6.96. The van der Waals surface area contributed by atoms with Crippen LogP contribution in [-0.2, 0) is 11.0 Å². The summed E-state index contributed by atoms with van der Waals surface area (Å²) in [7, 11) is 0. The molecule has 0 spiro atoms. The minimum Gasteiger partial charge on any atom is -0.490 e. The quantitative estimate of drug-likeness (QED) is 0.560. The monoisotopic (exact) mass is 463 g/mol. The van der Waals surface area contributed by atoms with Crippen LogP contribution in [0.1, 0.15) is 31.4 Å². The normalized spacial score (nSPS) is 14.9. The lowest BCUT2D eigenvalue weighted by molar-refractivity contribution is -0.137. The van der Waals surface area contributed by atoms with Crippen molar-refractivity contribution in [1.29, 1.82) is 0 Å². The third kappa shape index (κ3) is 6.63. The van der Waals surface area contributed by atoms with Crippen LogP contribution < -0.4 is 14.4 Å². The summed E-state index contributed by atoms with van der Waals surface area (Å²) in [5.41, 5.74) is 0.0467. The number of amides is 1. The maximum atomic E-state index is 12.8. The number of alkyl halides is 3. The first kappa shape index (κ1) is 24.4. The number of benzene rings is 1. The molecule has 0 bridgehead atoms.